The molecule has 186 valence electrons. The highest BCUT2D eigenvalue weighted by Gasteiger charge is 2.22. The van der Waals surface area contributed by atoms with Gasteiger partial charge in [-0.05, 0) is 54.4 Å². The number of aromatic nitrogens is 3. The maximum Gasteiger partial charge on any atom is 0.283 e. The van der Waals surface area contributed by atoms with Crippen LogP contribution in [0.2, 0.25) is 5.02 Å². The molecule has 3 heterocycles. The van der Waals surface area contributed by atoms with Gasteiger partial charge in [0.05, 0.1) is 36.2 Å². The summed E-state index contributed by atoms with van der Waals surface area (Å²) in [6.07, 6.45) is 0.926. The third kappa shape index (κ3) is 4.92. The van der Waals surface area contributed by atoms with Gasteiger partial charge in [0.1, 0.15) is 5.69 Å². The van der Waals surface area contributed by atoms with Crippen LogP contribution in [0.25, 0.3) is 27.8 Å². The molecule has 0 aliphatic carbocycles. The molecule has 0 unspecified atom stereocenters. The Morgan fingerprint density at radius 2 is 1.78 bits per heavy atom. The van der Waals surface area contributed by atoms with Crippen molar-refractivity contribution in [3.63, 3.8) is 0 Å². The van der Waals surface area contributed by atoms with Gasteiger partial charge in [-0.1, -0.05) is 29.8 Å². The van der Waals surface area contributed by atoms with Crippen molar-refractivity contribution in [1.82, 2.24) is 19.5 Å². The van der Waals surface area contributed by atoms with Gasteiger partial charge in [0.15, 0.2) is 5.65 Å². The highest BCUT2D eigenvalue weighted by atomic mass is 35.5. The number of pyridine rings is 1. The molecule has 11 heteroatoms. The lowest BCUT2D eigenvalue weighted by Gasteiger charge is -2.29. The van der Waals surface area contributed by atoms with Crippen LogP contribution in [0.15, 0.2) is 54.6 Å². The highest BCUT2D eigenvalue weighted by Crippen LogP contribution is 2.34. The Morgan fingerprint density at radius 3 is 2.44 bits per heavy atom. The van der Waals surface area contributed by atoms with Gasteiger partial charge in [0.25, 0.3) is 5.91 Å². The Balaban J connectivity index is 1.68. The fraction of sp³-hybridized carbons (Fsp3) is 0.240. The maximum atomic E-state index is 12.8. The molecule has 0 saturated carbocycles. The number of carbonyl (C=O) groups excluding carboxylic acids is 1. The van der Waals surface area contributed by atoms with E-state index in [9.17, 15) is 13.2 Å². The van der Waals surface area contributed by atoms with Crippen molar-refractivity contribution in [2.24, 2.45) is 0 Å². The summed E-state index contributed by atoms with van der Waals surface area (Å²) in [6.45, 7) is 4.88. The molecule has 1 fully saturated rings. The minimum absolute atomic E-state index is 0.0386. The third-order valence-corrected chi connectivity index (χ3v) is 6.72. The lowest BCUT2D eigenvalue weighted by Crippen LogP contribution is -2.36. The van der Waals surface area contributed by atoms with Crippen LogP contribution in [0.1, 0.15) is 16.2 Å². The molecule has 4 aromatic rings. The molecule has 1 aliphatic heterocycles. The SMILES string of the molecule is Cc1nn(-c2cccc(Cl)c2)c2nc(C(=O)NS(C)(=O)=O)cc(-c3ccc(N4CCOCC4)cc3)c12. The lowest BCUT2D eigenvalue weighted by molar-refractivity contribution is 0.0977. The van der Waals surface area contributed by atoms with Crippen molar-refractivity contribution < 1.29 is 17.9 Å². The predicted molar refractivity (Wildman–Crippen MR) is 139 cm³/mol. The van der Waals surface area contributed by atoms with Gasteiger partial charge in [0, 0.05) is 23.8 Å². The maximum absolute atomic E-state index is 12.8. The number of carbonyl (C=O) groups is 1. The van der Waals surface area contributed by atoms with Crippen LogP contribution < -0.4 is 9.62 Å². The Morgan fingerprint density at radius 1 is 1.06 bits per heavy atom. The van der Waals surface area contributed by atoms with Crippen LogP contribution in [0, 0.1) is 6.92 Å². The second kappa shape index (κ2) is 9.53. The average molecular weight is 526 g/mol. The monoisotopic (exact) mass is 525 g/mol. The second-order valence-corrected chi connectivity index (χ2v) is 10.8. The molecule has 0 radical (unpaired) electrons. The number of anilines is 1. The van der Waals surface area contributed by atoms with E-state index in [4.69, 9.17) is 16.3 Å². The quantitative estimate of drug-likeness (QED) is 0.424. The standard InChI is InChI=1S/C25H24ClN5O4S/c1-16-23-21(17-6-8-19(9-7-17)30-10-12-35-13-11-30)15-22(25(32)29-36(2,33)34)27-24(23)31(28-16)20-5-3-4-18(26)14-20/h3-9,14-15H,10-13H2,1-2H3,(H,29,32). The van der Waals surface area contributed by atoms with E-state index < -0.39 is 15.9 Å². The summed E-state index contributed by atoms with van der Waals surface area (Å²) in [6, 6.07) is 16.7. The second-order valence-electron chi connectivity index (χ2n) is 8.58. The number of ether oxygens (including phenoxy) is 1. The summed E-state index contributed by atoms with van der Waals surface area (Å²) in [4.78, 5) is 19.6. The molecule has 1 N–H and O–H groups in total. The van der Waals surface area contributed by atoms with Crippen molar-refractivity contribution in [1.29, 1.82) is 0 Å². The zero-order valence-electron chi connectivity index (χ0n) is 19.7. The average Bonchev–Trinajstić information content (AvgIpc) is 3.19. The van der Waals surface area contributed by atoms with Gasteiger partial charge in [0.2, 0.25) is 10.0 Å². The molecule has 1 saturated heterocycles. The zero-order chi connectivity index (χ0) is 25.4. The minimum atomic E-state index is -3.78. The molecular formula is C25H24ClN5O4S. The minimum Gasteiger partial charge on any atom is -0.378 e. The van der Waals surface area contributed by atoms with E-state index in [1.807, 2.05) is 42.0 Å². The first-order chi connectivity index (χ1) is 17.2. The number of fused-ring (bicyclic) bond motifs is 1. The van der Waals surface area contributed by atoms with E-state index >= 15 is 0 Å². The molecule has 0 bridgehead atoms. The van der Waals surface area contributed by atoms with Gasteiger partial charge in [-0.2, -0.15) is 5.10 Å². The van der Waals surface area contributed by atoms with Gasteiger partial charge < -0.3 is 9.64 Å². The van der Waals surface area contributed by atoms with Gasteiger partial charge in [-0.3, -0.25) is 4.79 Å². The zero-order valence-corrected chi connectivity index (χ0v) is 21.3. The van der Waals surface area contributed by atoms with Crippen LogP contribution in [0.3, 0.4) is 0 Å². The summed E-state index contributed by atoms with van der Waals surface area (Å²) >= 11 is 6.21. The summed E-state index contributed by atoms with van der Waals surface area (Å²) < 4.78 is 32.6. The van der Waals surface area contributed by atoms with Crippen molar-refractivity contribution in [2.45, 2.75) is 6.92 Å². The molecule has 2 aromatic heterocycles. The number of nitrogens with one attached hydrogen (secondary N) is 1. The molecule has 1 amide bonds. The Hall–Kier alpha value is -3.47. The van der Waals surface area contributed by atoms with Crippen molar-refractivity contribution >= 4 is 44.3 Å². The number of sulfonamides is 1. The summed E-state index contributed by atoms with van der Waals surface area (Å²) in [5, 5.41) is 5.96. The smallest absolute Gasteiger partial charge is 0.283 e. The highest BCUT2D eigenvalue weighted by molar-refractivity contribution is 7.89. The van der Waals surface area contributed by atoms with Crippen molar-refractivity contribution in [3.8, 4) is 16.8 Å². The molecule has 0 atom stereocenters. The molecule has 36 heavy (non-hydrogen) atoms. The largest absolute Gasteiger partial charge is 0.378 e. The van der Waals surface area contributed by atoms with Gasteiger partial charge in [-0.25, -0.2) is 22.8 Å². The van der Waals surface area contributed by atoms with Crippen LogP contribution in [-0.2, 0) is 14.8 Å². The van der Waals surface area contributed by atoms with E-state index in [0.29, 0.717) is 35.3 Å². The van der Waals surface area contributed by atoms with E-state index in [1.54, 1.807) is 28.9 Å². The van der Waals surface area contributed by atoms with Crippen molar-refractivity contribution in [3.05, 3.63) is 71.0 Å². The van der Waals surface area contributed by atoms with E-state index in [0.717, 1.165) is 41.5 Å². The number of amides is 1. The van der Waals surface area contributed by atoms with Gasteiger partial charge >= 0.3 is 0 Å². The fourth-order valence-corrected chi connectivity index (χ4v) is 4.94. The number of hydrogen-bond donors (Lipinski definition) is 1. The number of benzene rings is 2. The summed E-state index contributed by atoms with van der Waals surface area (Å²) in [7, 11) is -3.78. The number of hydrogen-bond acceptors (Lipinski definition) is 7. The van der Waals surface area contributed by atoms with Crippen LogP contribution in [0.5, 0.6) is 0 Å². The topological polar surface area (TPSA) is 106 Å². The van der Waals surface area contributed by atoms with Crippen LogP contribution >= 0.6 is 11.6 Å². The summed E-state index contributed by atoms with van der Waals surface area (Å²) in [5.41, 5.74) is 4.40. The molecule has 1 aliphatic rings. The Kier molecular flexibility index (Phi) is 6.42. The van der Waals surface area contributed by atoms with Gasteiger partial charge in [-0.15, -0.1) is 0 Å². The molecule has 5 rings (SSSR count). The molecule has 0 spiro atoms. The molecule has 9 nitrogen and oxygen atoms in total. The third-order valence-electron chi connectivity index (χ3n) is 5.93. The summed E-state index contributed by atoms with van der Waals surface area (Å²) in [5.74, 6) is -0.818. The number of aryl methyl sites for hydroxylation is 1. The first-order valence-corrected chi connectivity index (χ1v) is 13.6. The number of nitrogens with zero attached hydrogens (tertiary/aromatic N) is 4. The van der Waals surface area contributed by atoms with Crippen LogP contribution in [0.4, 0.5) is 5.69 Å². The predicted octanol–water partition coefficient (Wildman–Crippen LogP) is 3.58. The van der Waals surface area contributed by atoms with Crippen molar-refractivity contribution in [2.75, 3.05) is 37.5 Å². The number of morpholine rings is 1. The van der Waals surface area contributed by atoms with E-state index in [2.05, 4.69) is 15.0 Å². The normalized spacial score (nSPS) is 14.2. The Bertz CT molecular complexity index is 1560. The van der Waals surface area contributed by atoms with Crippen LogP contribution in [-0.4, -0.2) is 61.6 Å². The van der Waals surface area contributed by atoms with E-state index in [-0.39, 0.29) is 5.69 Å². The number of halogens is 1. The fourth-order valence-electron chi connectivity index (χ4n) is 4.31. The first-order valence-electron chi connectivity index (χ1n) is 11.3. The lowest BCUT2D eigenvalue weighted by atomic mass is 10.0. The Labute approximate surface area is 213 Å². The number of rotatable bonds is 5. The first kappa shape index (κ1) is 24.2. The molecule has 2 aromatic carbocycles. The van der Waals surface area contributed by atoms with E-state index in [1.165, 1.54) is 0 Å². The molecular weight excluding hydrogens is 502 g/mol.